The highest BCUT2D eigenvalue weighted by atomic mass is 16.7. The van der Waals surface area contributed by atoms with E-state index in [4.69, 9.17) is 23.7 Å². The molecule has 0 spiro atoms. The van der Waals surface area contributed by atoms with Gasteiger partial charge in [-0.2, -0.15) is 0 Å². The number of carbonyl (C=O) groups is 3. The fourth-order valence-corrected chi connectivity index (χ4v) is 7.24. The first-order chi connectivity index (χ1) is 20.6. The minimum Gasteiger partial charge on any atom is -0.461 e. The lowest BCUT2D eigenvalue weighted by molar-refractivity contribution is -0.300. The standard InChI is InChI=1S/C34H60O11/c1-16-14-33(11,40)30(38)19(4)17(2)18(3)28(20(5)23(8)35)45-32(39)22(7)29(21(6)27(16)37)44-26-15-34(12,41-13)31(24(9)42-26)43-25(10)36/h16-24,26-29,31,35,37,40H,14-15H2,1-13H3/t16-,17-,18+,19+,20-,21+,22+,23-,24+,26-,27-,28-,29-,31?,33-,34?/m0/s1. The Morgan fingerprint density at radius 2 is 1.53 bits per heavy atom. The van der Waals surface area contributed by atoms with Gasteiger partial charge in [0.25, 0.3) is 0 Å². The number of ether oxygens (including phenoxy) is 5. The first-order valence-corrected chi connectivity index (χ1v) is 16.5. The maximum Gasteiger partial charge on any atom is 0.311 e. The zero-order chi connectivity index (χ0) is 34.8. The highest BCUT2D eigenvalue weighted by Crippen LogP contribution is 2.39. The van der Waals surface area contributed by atoms with Crippen LogP contribution in [0, 0.1) is 41.4 Å². The van der Waals surface area contributed by atoms with Crippen molar-refractivity contribution in [2.45, 2.75) is 150 Å². The van der Waals surface area contributed by atoms with Gasteiger partial charge in [0.1, 0.15) is 17.3 Å². The molecular formula is C34H60O11. The third-order valence-corrected chi connectivity index (χ3v) is 10.9. The summed E-state index contributed by atoms with van der Waals surface area (Å²) >= 11 is 0. The Morgan fingerprint density at radius 3 is 2.04 bits per heavy atom. The number of esters is 2. The van der Waals surface area contributed by atoms with E-state index in [1.54, 1.807) is 55.4 Å². The number of hydrogen-bond acceptors (Lipinski definition) is 11. The first-order valence-electron chi connectivity index (χ1n) is 16.5. The Bertz CT molecular complexity index is 1010. The van der Waals surface area contributed by atoms with Crippen molar-refractivity contribution in [2.75, 3.05) is 7.11 Å². The normalized spacial score (nSPS) is 45.6. The van der Waals surface area contributed by atoms with E-state index in [1.807, 2.05) is 13.8 Å². The number of aliphatic hydroxyl groups excluding tert-OH is 2. The van der Waals surface area contributed by atoms with Gasteiger partial charge < -0.3 is 39.0 Å². The van der Waals surface area contributed by atoms with Crippen molar-refractivity contribution in [2.24, 2.45) is 41.4 Å². The molecule has 2 fully saturated rings. The van der Waals surface area contributed by atoms with E-state index in [0.29, 0.717) is 0 Å². The Hall–Kier alpha value is -1.63. The summed E-state index contributed by atoms with van der Waals surface area (Å²) in [6, 6.07) is 0. The van der Waals surface area contributed by atoms with Crippen LogP contribution in [0.15, 0.2) is 0 Å². The molecule has 0 aromatic carbocycles. The van der Waals surface area contributed by atoms with Gasteiger partial charge in [-0.05, 0) is 58.8 Å². The molecule has 3 N–H and O–H groups in total. The van der Waals surface area contributed by atoms with Gasteiger partial charge in [-0.25, -0.2) is 0 Å². The number of carbonyl (C=O) groups excluding carboxylic acids is 3. The number of aliphatic hydroxyl groups is 3. The van der Waals surface area contributed by atoms with Crippen molar-refractivity contribution in [3.05, 3.63) is 0 Å². The third-order valence-electron chi connectivity index (χ3n) is 10.9. The quantitative estimate of drug-likeness (QED) is 0.362. The first kappa shape index (κ1) is 39.5. The van der Waals surface area contributed by atoms with Crippen molar-refractivity contribution in [1.29, 1.82) is 0 Å². The number of Topliss-reactive ketones (excluding diaryl/α,β-unsaturated/α-hetero) is 1. The number of ketones is 1. The Morgan fingerprint density at radius 1 is 0.956 bits per heavy atom. The van der Waals surface area contributed by atoms with Crippen LogP contribution in [0.3, 0.4) is 0 Å². The fourth-order valence-electron chi connectivity index (χ4n) is 7.24. The van der Waals surface area contributed by atoms with E-state index < -0.39 is 95.6 Å². The number of hydrogen-bond donors (Lipinski definition) is 3. The molecule has 262 valence electrons. The van der Waals surface area contributed by atoms with E-state index >= 15 is 0 Å². The molecule has 2 saturated heterocycles. The molecule has 0 aliphatic carbocycles. The predicted octanol–water partition coefficient (Wildman–Crippen LogP) is 3.67. The van der Waals surface area contributed by atoms with E-state index in [2.05, 4.69) is 0 Å². The van der Waals surface area contributed by atoms with Gasteiger partial charge in [-0.15, -0.1) is 0 Å². The van der Waals surface area contributed by atoms with Crippen LogP contribution in [0.25, 0.3) is 0 Å². The molecule has 0 radical (unpaired) electrons. The molecule has 0 aromatic heterocycles. The Kier molecular flexibility index (Phi) is 13.6. The monoisotopic (exact) mass is 644 g/mol. The lowest BCUT2D eigenvalue weighted by atomic mass is 9.71. The summed E-state index contributed by atoms with van der Waals surface area (Å²) in [6.07, 6.45) is -5.58. The van der Waals surface area contributed by atoms with Crippen LogP contribution in [-0.4, -0.2) is 94.3 Å². The van der Waals surface area contributed by atoms with Crippen LogP contribution in [0.5, 0.6) is 0 Å². The second kappa shape index (κ2) is 15.5. The van der Waals surface area contributed by atoms with E-state index in [1.165, 1.54) is 21.0 Å². The summed E-state index contributed by atoms with van der Waals surface area (Å²) in [5.41, 5.74) is -2.68. The van der Waals surface area contributed by atoms with Gasteiger partial charge in [0.05, 0.1) is 30.3 Å². The third kappa shape index (κ3) is 9.05. The van der Waals surface area contributed by atoms with Gasteiger partial charge in [-0.3, -0.25) is 14.4 Å². The fraction of sp³-hybridized carbons (Fsp3) is 0.912. The van der Waals surface area contributed by atoms with E-state index in [9.17, 15) is 29.7 Å². The van der Waals surface area contributed by atoms with Crippen molar-refractivity contribution in [1.82, 2.24) is 0 Å². The van der Waals surface area contributed by atoms with Crippen LogP contribution in [-0.2, 0) is 38.1 Å². The molecule has 11 heteroatoms. The largest absolute Gasteiger partial charge is 0.461 e. The molecule has 11 nitrogen and oxygen atoms in total. The predicted molar refractivity (Wildman–Crippen MR) is 167 cm³/mol. The lowest BCUT2D eigenvalue weighted by Crippen LogP contribution is -2.59. The number of cyclic esters (lactones) is 1. The molecule has 2 aliphatic heterocycles. The van der Waals surface area contributed by atoms with E-state index in [-0.39, 0.29) is 30.5 Å². The Balaban J connectivity index is 2.57. The second-order valence-electron chi connectivity index (χ2n) is 14.6. The van der Waals surface area contributed by atoms with Crippen LogP contribution in [0.2, 0.25) is 0 Å². The highest BCUT2D eigenvalue weighted by Gasteiger charge is 2.51. The molecule has 2 rings (SSSR count). The average Bonchev–Trinajstić information content (AvgIpc) is 2.96. The van der Waals surface area contributed by atoms with Crippen molar-refractivity contribution < 1.29 is 53.4 Å². The maximum atomic E-state index is 13.9. The molecule has 45 heavy (non-hydrogen) atoms. The number of rotatable bonds is 6. The summed E-state index contributed by atoms with van der Waals surface area (Å²) in [7, 11) is 1.51. The molecular weight excluding hydrogens is 584 g/mol. The maximum absolute atomic E-state index is 13.9. The van der Waals surface area contributed by atoms with Gasteiger partial charge in [-0.1, -0.05) is 41.5 Å². The van der Waals surface area contributed by atoms with Crippen LogP contribution in [0.1, 0.15) is 95.9 Å². The van der Waals surface area contributed by atoms with Crippen LogP contribution in [0.4, 0.5) is 0 Å². The second-order valence-corrected chi connectivity index (χ2v) is 14.6. The van der Waals surface area contributed by atoms with Gasteiger partial charge in [0.15, 0.2) is 18.2 Å². The van der Waals surface area contributed by atoms with Crippen molar-refractivity contribution in [3.63, 3.8) is 0 Å². The van der Waals surface area contributed by atoms with Gasteiger partial charge >= 0.3 is 11.9 Å². The zero-order valence-electron chi connectivity index (χ0n) is 29.6. The van der Waals surface area contributed by atoms with Crippen molar-refractivity contribution >= 4 is 17.7 Å². The molecule has 0 amide bonds. The lowest BCUT2D eigenvalue weighted by Gasteiger charge is -2.47. The summed E-state index contributed by atoms with van der Waals surface area (Å²) in [5, 5.41) is 33.5. The van der Waals surface area contributed by atoms with Gasteiger partial charge in [0, 0.05) is 38.2 Å². The minimum atomic E-state index is -1.71. The summed E-state index contributed by atoms with van der Waals surface area (Å²) < 4.78 is 30.2. The molecule has 2 heterocycles. The van der Waals surface area contributed by atoms with Crippen molar-refractivity contribution in [3.8, 4) is 0 Å². The van der Waals surface area contributed by atoms with Gasteiger partial charge in [0.2, 0.25) is 0 Å². The smallest absolute Gasteiger partial charge is 0.311 e. The topological polar surface area (TPSA) is 158 Å². The van der Waals surface area contributed by atoms with Crippen LogP contribution >= 0.6 is 0 Å². The zero-order valence-corrected chi connectivity index (χ0v) is 29.6. The molecule has 0 saturated carbocycles. The summed E-state index contributed by atoms with van der Waals surface area (Å²) in [6.45, 7) is 20.5. The average molecular weight is 645 g/mol. The minimum absolute atomic E-state index is 0.00457. The highest BCUT2D eigenvalue weighted by molar-refractivity contribution is 5.88. The molecule has 16 atom stereocenters. The Labute approximate surface area is 269 Å². The number of methoxy groups -OCH3 is 1. The summed E-state index contributed by atoms with van der Waals surface area (Å²) in [4.78, 5) is 39.4. The van der Waals surface area contributed by atoms with Crippen LogP contribution < -0.4 is 0 Å². The van der Waals surface area contributed by atoms with E-state index in [0.717, 1.165) is 0 Å². The summed E-state index contributed by atoms with van der Waals surface area (Å²) in [5.74, 6) is -5.16. The molecule has 2 aliphatic rings. The SMILES string of the molecule is COC1(C)C[C@H](O[C@H]2[C@H](C)[C@@H](O)[C@@H](C)C[C@](C)(O)C(=O)[C@H](C)[C@@H](C)[C@@H](C)[C@@H]([C@@H](C)[C@H](C)O)OC(=O)[C@@H]2C)O[C@H](C)C1OC(C)=O. The molecule has 0 aromatic rings. The molecule has 0 bridgehead atoms. The molecule has 2 unspecified atom stereocenters.